The summed E-state index contributed by atoms with van der Waals surface area (Å²) >= 11 is 0. The lowest BCUT2D eigenvalue weighted by Crippen LogP contribution is -2.10. The van der Waals surface area contributed by atoms with E-state index < -0.39 is 0 Å². The summed E-state index contributed by atoms with van der Waals surface area (Å²) in [5.41, 5.74) is 7.44. The van der Waals surface area contributed by atoms with Gasteiger partial charge in [-0.3, -0.25) is 0 Å². The molecule has 0 unspecified atom stereocenters. The highest BCUT2D eigenvalue weighted by atomic mass is 15.0. The molecule has 2 rings (SSSR count). The minimum atomic E-state index is 0.392. The molecule has 0 aliphatic rings. The van der Waals surface area contributed by atoms with E-state index in [9.17, 15) is 0 Å². The number of nitrogen functional groups attached to an aromatic ring is 1. The van der Waals surface area contributed by atoms with Crippen LogP contribution in [0.5, 0.6) is 0 Å². The predicted octanol–water partition coefficient (Wildman–Crippen LogP) is 2.64. The van der Waals surface area contributed by atoms with E-state index in [0.29, 0.717) is 6.04 Å². The number of pyridine rings is 1. The Morgan fingerprint density at radius 2 is 2.00 bits per heavy atom. The number of hydrogen-bond donors (Lipinski definition) is 2. The Bertz CT molecular complexity index is 477. The summed E-state index contributed by atoms with van der Waals surface area (Å²) < 4.78 is 0. The second kappa shape index (κ2) is 3.77. The first kappa shape index (κ1) is 9.77. The van der Waals surface area contributed by atoms with E-state index >= 15 is 0 Å². The predicted molar refractivity (Wildman–Crippen MR) is 64.9 cm³/mol. The minimum absolute atomic E-state index is 0.392. The molecular formula is C12H15N3. The molecule has 0 saturated carbocycles. The van der Waals surface area contributed by atoms with Gasteiger partial charge in [0.1, 0.15) is 5.82 Å². The van der Waals surface area contributed by atoms with E-state index in [-0.39, 0.29) is 0 Å². The van der Waals surface area contributed by atoms with Gasteiger partial charge in [0.15, 0.2) is 0 Å². The van der Waals surface area contributed by atoms with E-state index in [2.05, 4.69) is 24.1 Å². The molecule has 0 radical (unpaired) electrons. The third-order valence-corrected chi connectivity index (χ3v) is 2.15. The quantitative estimate of drug-likeness (QED) is 0.734. The van der Waals surface area contributed by atoms with Gasteiger partial charge in [-0.2, -0.15) is 0 Å². The van der Waals surface area contributed by atoms with Gasteiger partial charge in [0.2, 0.25) is 0 Å². The monoisotopic (exact) mass is 201 g/mol. The molecule has 0 bridgehead atoms. The number of fused-ring (bicyclic) bond motifs is 1. The summed E-state index contributed by atoms with van der Waals surface area (Å²) in [7, 11) is 0. The van der Waals surface area contributed by atoms with Crippen LogP contribution in [0.3, 0.4) is 0 Å². The van der Waals surface area contributed by atoms with Crippen molar-refractivity contribution in [1.82, 2.24) is 4.98 Å². The maximum atomic E-state index is 5.70. The van der Waals surface area contributed by atoms with Crippen LogP contribution >= 0.6 is 0 Å². The average Bonchev–Trinajstić information content (AvgIpc) is 2.17. The summed E-state index contributed by atoms with van der Waals surface area (Å²) in [5, 5.41) is 4.34. The van der Waals surface area contributed by atoms with Crippen LogP contribution in [0.15, 0.2) is 30.3 Å². The van der Waals surface area contributed by atoms with Gasteiger partial charge in [-0.25, -0.2) is 4.98 Å². The molecule has 0 aliphatic heterocycles. The zero-order valence-electron chi connectivity index (χ0n) is 8.99. The van der Waals surface area contributed by atoms with Crippen molar-refractivity contribution in [2.75, 3.05) is 11.1 Å². The van der Waals surface area contributed by atoms with Crippen molar-refractivity contribution in [3.05, 3.63) is 30.3 Å². The molecule has 1 aromatic carbocycles. The van der Waals surface area contributed by atoms with Gasteiger partial charge in [0, 0.05) is 17.1 Å². The van der Waals surface area contributed by atoms with Gasteiger partial charge in [0.25, 0.3) is 0 Å². The van der Waals surface area contributed by atoms with E-state index in [0.717, 1.165) is 22.4 Å². The SMILES string of the molecule is CC(C)Nc1ccc2cc(N)ccc2n1. The number of nitrogens with zero attached hydrogens (tertiary/aromatic N) is 1. The summed E-state index contributed by atoms with van der Waals surface area (Å²) in [4.78, 5) is 4.49. The molecule has 15 heavy (non-hydrogen) atoms. The van der Waals surface area contributed by atoms with Crippen molar-refractivity contribution in [1.29, 1.82) is 0 Å². The van der Waals surface area contributed by atoms with Gasteiger partial charge in [-0.05, 0) is 44.2 Å². The maximum absolute atomic E-state index is 5.70. The lowest BCUT2D eigenvalue weighted by Gasteiger charge is -2.09. The molecule has 0 aliphatic carbocycles. The molecule has 1 aromatic heterocycles. The van der Waals surface area contributed by atoms with Crippen LogP contribution in [-0.4, -0.2) is 11.0 Å². The van der Waals surface area contributed by atoms with Crippen molar-refractivity contribution in [2.24, 2.45) is 0 Å². The number of anilines is 2. The molecule has 2 aromatic rings. The van der Waals surface area contributed by atoms with Crippen molar-refractivity contribution >= 4 is 22.4 Å². The lowest BCUT2D eigenvalue weighted by molar-refractivity contribution is 0.891. The first-order valence-corrected chi connectivity index (χ1v) is 5.08. The van der Waals surface area contributed by atoms with E-state index in [1.807, 2.05) is 30.3 Å². The number of nitrogens with two attached hydrogens (primary N) is 1. The Hall–Kier alpha value is -1.77. The minimum Gasteiger partial charge on any atom is -0.399 e. The third kappa shape index (κ3) is 2.18. The third-order valence-electron chi connectivity index (χ3n) is 2.15. The van der Waals surface area contributed by atoms with Gasteiger partial charge < -0.3 is 11.1 Å². The van der Waals surface area contributed by atoms with Crippen LogP contribution in [0.4, 0.5) is 11.5 Å². The van der Waals surface area contributed by atoms with Gasteiger partial charge >= 0.3 is 0 Å². The number of benzene rings is 1. The van der Waals surface area contributed by atoms with Crippen molar-refractivity contribution < 1.29 is 0 Å². The highest BCUT2D eigenvalue weighted by Gasteiger charge is 1.99. The number of nitrogens with one attached hydrogen (secondary N) is 1. The second-order valence-electron chi connectivity index (χ2n) is 3.95. The Balaban J connectivity index is 2.43. The number of hydrogen-bond acceptors (Lipinski definition) is 3. The molecule has 3 heteroatoms. The summed E-state index contributed by atoms with van der Waals surface area (Å²) in [6.45, 7) is 4.18. The molecular weight excluding hydrogens is 186 g/mol. The Morgan fingerprint density at radius 1 is 1.20 bits per heavy atom. The van der Waals surface area contributed by atoms with Gasteiger partial charge in [0.05, 0.1) is 5.52 Å². The molecule has 3 nitrogen and oxygen atoms in total. The Morgan fingerprint density at radius 3 is 2.73 bits per heavy atom. The maximum Gasteiger partial charge on any atom is 0.126 e. The standard InChI is InChI=1S/C12H15N3/c1-8(2)14-12-6-3-9-7-10(13)4-5-11(9)15-12/h3-8H,13H2,1-2H3,(H,14,15). The largest absolute Gasteiger partial charge is 0.399 e. The highest BCUT2D eigenvalue weighted by molar-refractivity contribution is 5.83. The number of aromatic nitrogens is 1. The number of rotatable bonds is 2. The molecule has 1 heterocycles. The molecule has 0 saturated heterocycles. The van der Waals surface area contributed by atoms with Crippen LogP contribution < -0.4 is 11.1 Å². The average molecular weight is 201 g/mol. The Labute approximate surface area is 89.3 Å². The molecule has 0 atom stereocenters. The smallest absolute Gasteiger partial charge is 0.126 e. The van der Waals surface area contributed by atoms with Gasteiger partial charge in [-0.1, -0.05) is 0 Å². The Kier molecular flexibility index (Phi) is 2.46. The van der Waals surface area contributed by atoms with E-state index in [1.165, 1.54) is 0 Å². The second-order valence-corrected chi connectivity index (χ2v) is 3.95. The topological polar surface area (TPSA) is 50.9 Å². The molecule has 78 valence electrons. The highest BCUT2D eigenvalue weighted by Crippen LogP contribution is 2.18. The fraction of sp³-hybridized carbons (Fsp3) is 0.250. The molecule has 0 amide bonds. The fourth-order valence-corrected chi connectivity index (χ4v) is 1.52. The summed E-state index contributed by atoms with van der Waals surface area (Å²) in [5.74, 6) is 0.905. The molecule has 3 N–H and O–H groups in total. The van der Waals surface area contributed by atoms with Crippen molar-refractivity contribution in [3.63, 3.8) is 0 Å². The van der Waals surface area contributed by atoms with Gasteiger partial charge in [-0.15, -0.1) is 0 Å². The van der Waals surface area contributed by atoms with Crippen LogP contribution in [0, 0.1) is 0 Å². The first-order valence-electron chi connectivity index (χ1n) is 5.08. The fourth-order valence-electron chi connectivity index (χ4n) is 1.52. The lowest BCUT2D eigenvalue weighted by atomic mass is 10.2. The summed E-state index contributed by atoms with van der Waals surface area (Å²) in [6, 6.07) is 10.1. The normalized spacial score (nSPS) is 10.9. The molecule has 0 fully saturated rings. The summed E-state index contributed by atoms with van der Waals surface area (Å²) in [6.07, 6.45) is 0. The zero-order chi connectivity index (χ0) is 10.8. The van der Waals surface area contributed by atoms with Crippen LogP contribution in [0.25, 0.3) is 10.9 Å². The van der Waals surface area contributed by atoms with E-state index in [4.69, 9.17) is 5.73 Å². The zero-order valence-corrected chi connectivity index (χ0v) is 8.99. The van der Waals surface area contributed by atoms with Crippen molar-refractivity contribution in [3.8, 4) is 0 Å². The molecule has 0 spiro atoms. The van der Waals surface area contributed by atoms with E-state index in [1.54, 1.807) is 0 Å². The van der Waals surface area contributed by atoms with Crippen LogP contribution in [0.2, 0.25) is 0 Å². The van der Waals surface area contributed by atoms with Crippen molar-refractivity contribution in [2.45, 2.75) is 19.9 Å². The van der Waals surface area contributed by atoms with Crippen LogP contribution in [0.1, 0.15) is 13.8 Å². The first-order chi connectivity index (χ1) is 7.15. The van der Waals surface area contributed by atoms with Crippen LogP contribution in [-0.2, 0) is 0 Å².